The number of nitrogen functional groups attached to an aromatic ring is 1. The minimum absolute atomic E-state index is 0.0260. The van der Waals surface area contributed by atoms with Crippen LogP contribution in [0.5, 0.6) is 0 Å². The molecular weight excluding hydrogens is 687 g/mol. The van der Waals surface area contributed by atoms with Gasteiger partial charge in [0.05, 0.1) is 12.5 Å². The van der Waals surface area contributed by atoms with E-state index in [1.807, 2.05) is 29.2 Å². The van der Waals surface area contributed by atoms with Crippen LogP contribution < -0.4 is 11.1 Å². The number of likely N-dealkylation sites (tertiary alicyclic amines) is 1. The first-order chi connectivity index (χ1) is 22.9. The zero-order valence-electron chi connectivity index (χ0n) is 26.9. The summed E-state index contributed by atoms with van der Waals surface area (Å²) in [6.07, 6.45) is 0.0301. The number of hydrogen-bond donors (Lipinski definition) is 4. The number of nitrogens with zero attached hydrogens (tertiary/aromatic N) is 3. The van der Waals surface area contributed by atoms with Gasteiger partial charge in [-0.1, -0.05) is 71.6 Å². The second kappa shape index (κ2) is 17.0. The predicted molar refractivity (Wildman–Crippen MR) is 181 cm³/mol. The van der Waals surface area contributed by atoms with E-state index in [2.05, 4.69) is 21.2 Å². The minimum atomic E-state index is -5.18. The van der Waals surface area contributed by atoms with Gasteiger partial charge in [0.2, 0.25) is 5.91 Å². The Morgan fingerprint density at radius 1 is 1.06 bits per heavy atom. The summed E-state index contributed by atoms with van der Waals surface area (Å²) in [4.78, 5) is 30.0. The van der Waals surface area contributed by atoms with E-state index in [1.54, 1.807) is 30.3 Å². The first-order valence-electron chi connectivity index (χ1n) is 16.4. The summed E-state index contributed by atoms with van der Waals surface area (Å²) in [6, 6.07) is 14.9. The quantitative estimate of drug-likeness (QED) is 0.153. The monoisotopic (exact) mass is 729 g/mol. The van der Waals surface area contributed by atoms with E-state index in [-0.39, 0.29) is 43.5 Å². The molecular formula is C35H43BrF3N7O2. The van der Waals surface area contributed by atoms with Crippen LogP contribution in [0.3, 0.4) is 0 Å². The highest BCUT2D eigenvalue weighted by molar-refractivity contribution is 9.10. The van der Waals surface area contributed by atoms with E-state index in [1.165, 1.54) is 0 Å². The van der Waals surface area contributed by atoms with Crippen LogP contribution in [-0.2, 0) is 16.0 Å². The summed E-state index contributed by atoms with van der Waals surface area (Å²) in [7, 11) is 0. The fraction of sp³-hybridized carbons (Fsp3) is 0.514. The third-order valence-electron chi connectivity index (χ3n) is 9.50. The number of carbonyl (C=O) groups is 2. The van der Waals surface area contributed by atoms with E-state index in [0.29, 0.717) is 44.3 Å². The Kier molecular flexibility index (Phi) is 13.0. The molecule has 1 aliphatic carbocycles. The Bertz CT molecular complexity index is 1480. The fourth-order valence-electron chi connectivity index (χ4n) is 6.88. The average Bonchev–Trinajstić information content (AvgIpc) is 3.07. The number of nitrogens with two attached hydrogens (primary N) is 1. The van der Waals surface area contributed by atoms with Crippen molar-refractivity contribution in [2.24, 2.45) is 17.6 Å². The lowest BCUT2D eigenvalue weighted by atomic mass is 9.81. The van der Waals surface area contributed by atoms with Crippen LogP contribution in [-0.4, -0.2) is 71.7 Å². The molecule has 5 N–H and O–H groups in total. The molecule has 9 nitrogen and oxygen atoms in total. The lowest BCUT2D eigenvalue weighted by molar-refractivity contribution is -0.190. The maximum absolute atomic E-state index is 14.4. The van der Waals surface area contributed by atoms with E-state index in [4.69, 9.17) is 21.8 Å². The van der Waals surface area contributed by atoms with Gasteiger partial charge < -0.3 is 20.9 Å². The molecule has 0 spiro atoms. The van der Waals surface area contributed by atoms with E-state index in [0.717, 1.165) is 39.8 Å². The second-order valence-corrected chi connectivity index (χ2v) is 13.7. The van der Waals surface area contributed by atoms with Crippen molar-refractivity contribution in [1.29, 1.82) is 16.1 Å². The van der Waals surface area contributed by atoms with Crippen molar-refractivity contribution < 1.29 is 22.8 Å². The molecule has 48 heavy (non-hydrogen) atoms. The predicted octanol–water partition coefficient (Wildman–Crippen LogP) is 6.12. The van der Waals surface area contributed by atoms with Gasteiger partial charge >= 0.3 is 12.1 Å². The molecule has 2 aromatic rings. The molecule has 1 saturated heterocycles. The Balaban J connectivity index is 1.63. The zero-order chi connectivity index (χ0) is 34.8. The molecule has 2 atom stereocenters. The standard InChI is InChI=1S/C35H43BrF3N7O2/c36-29-8-4-7-27(20-29)28(19-23-9-11-26(12-10-23)32(42)43)22-46(34(48)35(37,38)39)31(25-5-2-1-3-6-25)33(47)44-21-24-14-17-45(18-15-24)30(41)13-16-40/h4,7-12,20,24-25,28,31,41H,1-3,5-6,13-15,17-19,21-22H2,(H3,42,43)(H,44,47). The lowest BCUT2D eigenvalue weighted by Gasteiger charge is -2.40. The Hall–Kier alpha value is -3.92. The maximum atomic E-state index is 14.4. The number of benzene rings is 2. The highest BCUT2D eigenvalue weighted by atomic mass is 79.9. The number of carbonyl (C=O) groups excluding carboxylic acids is 2. The van der Waals surface area contributed by atoms with Gasteiger partial charge in [0.1, 0.15) is 17.7 Å². The molecule has 1 saturated carbocycles. The molecule has 4 rings (SSSR count). The van der Waals surface area contributed by atoms with Crippen LogP contribution in [0.25, 0.3) is 0 Å². The van der Waals surface area contributed by atoms with Gasteiger partial charge in [-0.15, -0.1) is 0 Å². The molecule has 0 aromatic heterocycles. The Morgan fingerprint density at radius 2 is 1.73 bits per heavy atom. The molecule has 2 amide bonds. The summed E-state index contributed by atoms with van der Waals surface area (Å²) in [5.74, 6) is -3.38. The molecule has 1 heterocycles. The SMILES string of the molecule is N#CCC(=N)N1CCC(CNC(=O)C(C2CCCCC2)N(CC(Cc2ccc(C(=N)N)cc2)c2cccc(Br)c2)C(=O)C(F)(F)F)CC1. The van der Waals surface area contributed by atoms with Crippen molar-refractivity contribution in [3.63, 3.8) is 0 Å². The zero-order valence-corrected chi connectivity index (χ0v) is 28.5. The van der Waals surface area contributed by atoms with Crippen LogP contribution >= 0.6 is 15.9 Å². The van der Waals surface area contributed by atoms with E-state index in [9.17, 15) is 22.8 Å². The smallest absolute Gasteiger partial charge is 0.384 e. The van der Waals surface area contributed by atoms with Gasteiger partial charge in [-0.3, -0.25) is 20.4 Å². The topological polar surface area (TPSA) is 150 Å². The van der Waals surface area contributed by atoms with Gasteiger partial charge in [0.15, 0.2) is 0 Å². The van der Waals surface area contributed by atoms with Crippen LogP contribution in [0.1, 0.15) is 74.0 Å². The van der Waals surface area contributed by atoms with Crippen molar-refractivity contribution in [3.05, 3.63) is 69.7 Å². The summed E-state index contributed by atoms with van der Waals surface area (Å²) in [6.45, 7) is 1.06. The summed E-state index contributed by atoms with van der Waals surface area (Å²) in [5, 5.41) is 27.6. The van der Waals surface area contributed by atoms with Crippen molar-refractivity contribution in [2.75, 3.05) is 26.2 Å². The number of hydrogen-bond acceptors (Lipinski definition) is 5. The van der Waals surface area contributed by atoms with Gasteiger partial charge in [0.25, 0.3) is 0 Å². The van der Waals surface area contributed by atoms with E-state index >= 15 is 0 Å². The number of amidine groups is 2. The van der Waals surface area contributed by atoms with Gasteiger partial charge in [-0.2, -0.15) is 18.4 Å². The summed E-state index contributed by atoms with van der Waals surface area (Å²) in [5.41, 5.74) is 7.64. The number of halogens is 4. The number of nitriles is 1. The number of piperidine rings is 1. The van der Waals surface area contributed by atoms with Crippen molar-refractivity contribution in [1.82, 2.24) is 15.1 Å². The largest absolute Gasteiger partial charge is 0.471 e. The van der Waals surface area contributed by atoms with Gasteiger partial charge in [-0.25, -0.2) is 0 Å². The van der Waals surface area contributed by atoms with Crippen molar-refractivity contribution in [2.45, 2.75) is 75.9 Å². The van der Waals surface area contributed by atoms with Gasteiger partial charge in [-0.05, 0) is 67.2 Å². The van der Waals surface area contributed by atoms with Crippen molar-refractivity contribution >= 4 is 39.4 Å². The number of rotatable bonds is 12. The third-order valence-corrected chi connectivity index (χ3v) is 9.99. The van der Waals surface area contributed by atoms with Crippen LogP contribution in [0.4, 0.5) is 13.2 Å². The molecule has 2 aliphatic rings. The Morgan fingerprint density at radius 3 is 2.31 bits per heavy atom. The molecule has 1 aliphatic heterocycles. The molecule has 0 bridgehead atoms. The van der Waals surface area contributed by atoms with Crippen LogP contribution in [0.15, 0.2) is 53.0 Å². The number of nitrogens with one attached hydrogen (secondary N) is 3. The number of alkyl halides is 3. The minimum Gasteiger partial charge on any atom is -0.384 e. The average molecular weight is 731 g/mol. The lowest BCUT2D eigenvalue weighted by Crippen LogP contribution is -2.58. The highest BCUT2D eigenvalue weighted by Gasteiger charge is 2.48. The summed E-state index contributed by atoms with van der Waals surface area (Å²) < 4.78 is 43.9. The Labute approximate surface area is 288 Å². The molecule has 0 radical (unpaired) electrons. The van der Waals surface area contributed by atoms with Crippen LogP contribution in [0, 0.1) is 34.0 Å². The molecule has 2 aromatic carbocycles. The molecule has 258 valence electrons. The normalized spacial score (nSPS) is 17.2. The second-order valence-electron chi connectivity index (χ2n) is 12.8. The van der Waals surface area contributed by atoms with Crippen molar-refractivity contribution in [3.8, 4) is 6.07 Å². The fourth-order valence-corrected chi connectivity index (χ4v) is 7.30. The maximum Gasteiger partial charge on any atom is 0.471 e. The first-order valence-corrected chi connectivity index (χ1v) is 17.2. The summed E-state index contributed by atoms with van der Waals surface area (Å²) >= 11 is 3.47. The molecule has 13 heteroatoms. The molecule has 2 unspecified atom stereocenters. The number of amides is 2. The highest BCUT2D eigenvalue weighted by Crippen LogP contribution is 2.34. The third kappa shape index (κ3) is 10.0. The van der Waals surface area contributed by atoms with E-state index < -0.39 is 35.9 Å². The van der Waals surface area contributed by atoms with Crippen LogP contribution in [0.2, 0.25) is 0 Å². The molecule has 2 fully saturated rings. The first kappa shape index (κ1) is 36.9. The van der Waals surface area contributed by atoms with Gasteiger partial charge in [0, 0.05) is 42.1 Å².